The molecule has 0 aliphatic carbocycles. The third-order valence-electron chi connectivity index (χ3n) is 11.1. The first-order valence-corrected chi connectivity index (χ1v) is 19.9. The Morgan fingerprint density at radius 2 is 1.78 bits per heavy atom. The molecule has 5 rings (SSSR count). The average molecular weight is 717 g/mol. The molecule has 1 saturated heterocycles. The summed E-state index contributed by atoms with van der Waals surface area (Å²) in [4.78, 5) is 22.9. The van der Waals surface area contributed by atoms with E-state index in [0.717, 1.165) is 50.1 Å². The number of amides is 1. The van der Waals surface area contributed by atoms with E-state index in [-0.39, 0.29) is 46.9 Å². The number of carbonyl (C=O) groups excluding carboxylic acids is 1. The van der Waals surface area contributed by atoms with Crippen molar-refractivity contribution >= 4 is 34.3 Å². The molecule has 4 heterocycles. The highest BCUT2D eigenvalue weighted by atomic mass is 35.5. The summed E-state index contributed by atoms with van der Waals surface area (Å²) in [6, 6.07) is 9.96. The molecule has 3 aliphatic heterocycles. The number of likely N-dealkylation sites (N-methyl/N-ethyl adjacent to an activating group) is 1. The van der Waals surface area contributed by atoms with Crippen molar-refractivity contribution < 1.29 is 23.2 Å². The maximum Gasteiger partial charge on any atom is 0.281 e. The molecule has 0 radical (unpaired) electrons. The number of hydrogen-bond acceptors (Lipinski definition) is 8. The topological polar surface area (TPSA) is 93.2 Å². The number of rotatable bonds is 6. The van der Waals surface area contributed by atoms with E-state index in [2.05, 4.69) is 68.4 Å². The molecule has 2 aromatic rings. The van der Waals surface area contributed by atoms with Gasteiger partial charge in [0.15, 0.2) is 17.9 Å². The highest BCUT2D eigenvalue weighted by molar-refractivity contribution is 7.84. The average Bonchev–Trinajstić information content (AvgIpc) is 3.26. The second-order valence-electron chi connectivity index (χ2n) is 14.7. The molecule has 0 spiro atoms. The van der Waals surface area contributed by atoms with E-state index in [1.54, 1.807) is 6.07 Å². The van der Waals surface area contributed by atoms with Crippen LogP contribution in [-0.4, -0.2) is 84.6 Å². The number of nitrogens with one attached hydrogen (secondary N) is 1. The number of carbonyl (C=O) groups is 1. The van der Waals surface area contributed by atoms with Crippen molar-refractivity contribution in [3.05, 3.63) is 52.2 Å². The molecule has 272 valence electrons. The molecule has 7 atom stereocenters. The first kappa shape index (κ1) is 38.0. The molecule has 7 unspecified atom stereocenters. The van der Waals surface area contributed by atoms with Gasteiger partial charge in [0.1, 0.15) is 16.7 Å². The van der Waals surface area contributed by atoms with Gasteiger partial charge in [-0.2, -0.15) is 0 Å². The van der Waals surface area contributed by atoms with Crippen LogP contribution in [0.5, 0.6) is 5.75 Å². The molecule has 9 nitrogen and oxygen atoms in total. The summed E-state index contributed by atoms with van der Waals surface area (Å²) in [6.07, 6.45) is 5.48. The Morgan fingerprint density at radius 1 is 1.02 bits per heavy atom. The smallest absolute Gasteiger partial charge is 0.281 e. The second-order valence-corrected chi connectivity index (χ2v) is 16.7. The minimum atomic E-state index is -1.56. The van der Waals surface area contributed by atoms with Gasteiger partial charge in [-0.15, -0.1) is 0 Å². The van der Waals surface area contributed by atoms with Crippen molar-refractivity contribution in [2.24, 2.45) is 23.7 Å². The van der Waals surface area contributed by atoms with Crippen molar-refractivity contribution in [3.63, 3.8) is 0 Å². The van der Waals surface area contributed by atoms with Gasteiger partial charge < -0.3 is 24.0 Å². The molecule has 2 bridgehead atoms. The van der Waals surface area contributed by atoms with Crippen molar-refractivity contribution in [2.45, 2.75) is 96.6 Å². The van der Waals surface area contributed by atoms with Crippen molar-refractivity contribution in [1.29, 1.82) is 0 Å². The van der Waals surface area contributed by atoms with Crippen molar-refractivity contribution in [3.8, 4) is 5.75 Å². The molecule has 3 aliphatic rings. The van der Waals surface area contributed by atoms with Crippen LogP contribution in [0.3, 0.4) is 0 Å². The van der Waals surface area contributed by atoms with Crippen LogP contribution >= 0.6 is 11.6 Å². The molecule has 1 amide bonds. The van der Waals surface area contributed by atoms with Crippen LogP contribution in [0.2, 0.25) is 5.02 Å². The van der Waals surface area contributed by atoms with E-state index in [4.69, 9.17) is 30.8 Å². The maximum absolute atomic E-state index is 13.5. The minimum Gasteiger partial charge on any atom is -0.489 e. The Bertz CT molecular complexity index is 1440. The lowest BCUT2D eigenvalue weighted by Crippen LogP contribution is -2.48. The number of fused-ring (bicyclic) bond motifs is 1. The third kappa shape index (κ3) is 9.17. The maximum atomic E-state index is 13.5. The Labute approximate surface area is 301 Å². The van der Waals surface area contributed by atoms with Crippen molar-refractivity contribution in [2.75, 3.05) is 51.9 Å². The van der Waals surface area contributed by atoms with Gasteiger partial charge in [-0.1, -0.05) is 64.6 Å². The quantitative estimate of drug-likeness (QED) is 0.347. The van der Waals surface area contributed by atoms with E-state index in [0.29, 0.717) is 43.9 Å². The van der Waals surface area contributed by atoms with E-state index < -0.39 is 16.9 Å². The summed E-state index contributed by atoms with van der Waals surface area (Å²) in [5.41, 5.74) is 2.71. The van der Waals surface area contributed by atoms with Crippen LogP contribution < -0.4 is 14.4 Å². The molecule has 1 aromatic carbocycles. The minimum absolute atomic E-state index is 0.0711. The van der Waals surface area contributed by atoms with Gasteiger partial charge in [-0.25, -0.2) is 9.19 Å². The fraction of sp³-hybridized carbons (Fsp3) is 0.684. The summed E-state index contributed by atoms with van der Waals surface area (Å²) in [5.74, 6) is 1.88. The Kier molecular flexibility index (Phi) is 13.4. The monoisotopic (exact) mass is 716 g/mol. The van der Waals surface area contributed by atoms with Crippen LogP contribution in [0.15, 0.2) is 30.3 Å². The fourth-order valence-corrected chi connectivity index (χ4v) is 9.10. The third-order valence-corrected chi connectivity index (χ3v) is 12.9. The zero-order chi connectivity index (χ0) is 35.2. The normalized spacial score (nSPS) is 31.9. The molecular formula is C38H57ClN4O5S. The van der Waals surface area contributed by atoms with Crippen LogP contribution in [0.25, 0.3) is 0 Å². The largest absolute Gasteiger partial charge is 0.489 e. The standard InChI is InChI=1S/C38H57ClN4O5S/c1-8-11-27-18-29(39)14-15-32(27)28-20-43-19-25(4)31(9-2)33(38-47-22-30(23-48-38)42(6)7)13-10-12-24(3)26(5)49(45)41-37(44)34-16-17-35(46-21-28)36(43)40-34/h14-18,24-26,28,30-31,33,38H,8-13,19-23H2,1-7H3,(H,41,44). The lowest BCUT2D eigenvalue weighted by molar-refractivity contribution is -0.235. The number of aryl methyl sites for hydroxylation is 1. The van der Waals surface area contributed by atoms with Gasteiger partial charge in [0, 0.05) is 29.9 Å². The van der Waals surface area contributed by atoms with Gasteiger partial charge in [0.05, 0.1) is 31.1 Å². The highest BCUT2D eigenvalue weighted by Crippen LogP contribution is 2.40. The molecule has 11 heteroatoms. The predicted molar refractivity (Wildman–Crippen MR) is 198 cm³/mol. The number of nitrogens with zero attached hydrogens (tertiary/aromatic N) is 3. The van der Waals surface area contributed by atoms with E-state index >= 15 is 0 Å². The summed E-state index contributed by atoms with van der Waals surface area (Å²) in [5, 5.41) is 0.528. The first-order valence-electron chi connectivity index (χ1n) is 18.3. The first-order chi connectivity index (χ1) is 23.5. The van der Waals surface area contributed by atoms with Gasteiger partial charge >= 0.3 is 0 Å². The van der Waals surface area contributed by atoms with Crippen LogP contribution in [0, 0.1) is 23.7 Å². The number of ether oxygens (including phenoxy) is 3. The number of benzene rings is 1. The SMILES string of the molecule is CCCc1cc(Cl)ccc1C1COc2ccc3nc2N(C1)CC(C)C(CC)C(C1OCC(N(C)C)CO1)CCCC(C)C(C)S(=O)NC3=O. The van der Waals surface area contributed by atoms with Crippen LogP contribution in [-0.2, 0) is 26.9 Å². The van der Waals surface area contributed by atoms with Crippen molar-refractivity contribution in [1.82, 2.24) is 14.6 Å². The zero-order valence-electron chi connectivity index (χ0n) is 30.5. The van der Waals surface area contributed by atoms with Gasteiger partial charge in [-0.3, -0.25) is 9.52 Å². The summed E-state index contributed by atoms with van der Waals surface area (Å²) in [6.45, 7) is 14.1. The number of halogens is 1. The lowest BCUT2D eigenvalue weighted by atomic mass is 9.76. The molecule has 1 fully saturated rings. The molecule has 0 saturated carbocycles. The van der Waals surface area contributed by atoms with Crippen LogP contribution in [0.4, 0.5) is 5.82 Å². The molecule has 49 heavy (non-hydrogen) atoms. The molecular weight excluding hydrogens is 660 g/mol. The number of anilines is 1. The number of hydrogen-bond donors (Lipinski definition) is 1. The van der Waals surface area contributed by atoms with E-state index in [1.165, 1.54) is 11.1 Å². The Morgan fingerprint density at radius 3 is 2.47 bits per heavy atom. The second kappa shape index (κ2) is 17.3. The zero-order valence-corrected chi connectivity index (χ0v) is 32.0. The summed E-state index contributed by atoms with van der Waals surface area (Å²) >= 11 is 6.47. The number of aromatic nitrogens is 1. The number of pyridine rings is 1. The summed E-state index contributed by atoms with van der Waals surface area (Å²) in [7, 11) is 2.58. The molecule has 1 aromatic heterocycles. The van der Waals surface area contributed by atoms with E-state index in [9.17, 15) is 9.00 Å². The van der Waals surface area contributed by atoms with Crippen LogP contribution in [0.1, 0.15) is 94.3 Å². The fourth-order valence-electron chi connectivity index (χ4n) is 7.88. The van der Waals surface area contributed by atoms with Gasteiger partial charge in [0.2, 0.25) is 0 Å². The Balaban J connectivity index is 1.53. The lowest BCUT2D eigenvalue weighted by Gasteiger charge is -2.42. The van der Waals surface area contributed by atoms with Gasteiger partial charge in [-0.05, 0) is 93.4 Å². The Hall–Kier alpha value is -2.24. The predicted octanol–water partition coefficient (Wildman–Crippen LogP) is 6.85. The van der Waals surface area contributed by atoms with E-state index in [1.807, 2.05) is 19.1 Å². The summed E-state index contributed by atoms with van der Waals surface area (Å²) < 4.78 is 35.6. The van der Waals surface area contributed by atoms with Gasteiger partial charge in [0.25, 0.3) is 5.91 Å². The molecule has 1 N–H and O–H groups in total. The highest BCUT2D eigenvalue weighted by Gasteiger charge is 2.38.